The van der Waals surface area contributed by atoms with Crippen molar-refractivity contribution in [1.82, 2.24) is 14.6 Å². The van der Waals surface area contributed by atoms with Crippen LogP contribution in [0.15, 0.2) is 17.1 Å². The number of ether oxygens (including phenoxy) is 1. The fraction of sp³-hybridized carbons (Fsp3) is 0.667. The van der Waals surface area contributed by atoms with Gasteiger partial charge in [0.25, 0.3) is 0 Å². The number of rotatable bonds is 8. The number of carbonyl (C=O) groups excluding carboxylic acids is 1. The van der Waals surface area contributed by atoms with Crippen LogP contribution >= 0.6 is 19.5 Å². The topological polar surface area (TPSA) is 146 Å². The second-order valence-electron chi connectivity index (χ2n) is 6.60. The van der Waals surface area contributed by atoms with Crippen molar-refractivity contribution in [3.63, 3.8) is 0 Å². The molecule has 0 bridgehead atoms. The standard InChI is InChI=1S/C15H24FN4O6PS/c1-8(2)26-14(21)9(3)19-27(23,24)25-7-10-6-11(16)13(28-10)20-5-4-12(17)18-15(20)22/h4-5,8-11,13H,6-7H2,1-3H3,(H2,17,18,22)(H2,19,23,24)/t9-,10-,11-,13+/m0/s1. The van der Waals surface area contributed by atoms with E-state index in [1.165, 1.54) is 19.2 Å². The lowest BCUT2D eigenvalue weighted by atomic mass is 10.2. The zero-order valence-electron chi connectivity index (χ0n) is 15.6. The van der Waals surface area contributed by atoms with Gasteiger partial charge in [0.15, 0.2) is 0 Å². The number of thioether (sulfide) groups is 1. The molecule has 0 aromatic carbocycles. The number of anilines is 1. The maximum Gasteiger partial charge on any atom is 0.403 e. The number of halogens is 1. The molecule has 1 aromatic heterocycles. The van der Waals surface area contributed by atoms with Gasteiger partial charge in [-0.25, -0.2) is 18.8 Å². The van der Waals surface area contributed by atoms with Crippen LogP contribution in [0.25, 0.3) is 0 Å². The molecule has 0 radical (unpaired) electrons. The van der Waals surface area contributed by atoms with E-state index in [4.69, 9.17) is 15.0 Å². The van der Waals surface area contributed by atoms with Crippen LogP contribution in [-0.4, -0.2) is 50.6 Å². The molecule has 1 saturated heterocycles. The summed E-state index contributed by atoms with van der Waals surface area (Å²) in [6, 6.07) is 0.331. The predicted octanol–water partition coefficient (Wildman–Crippen LogP) is 1.21. The number of nitrogens with two attached hydrogens (primary N) is 1. The summed E-state index contributed by atoms with van der Waals surface area (Å²) < 4.78 is 37.6. The van der Waals surface area contributed by atoms with Crippen molar-refractivity contribution >= 4 is 31.3 Å². The summed E-state index contributed by atoms with van der Waals surface area (Å²) in [5.74, 6) is -0.654. The lowest BCUT2D eigenvalue weighted by Crippen LogP contribution is -2.35. The van der Waals surface area contributed by atoms with E-state index in [0.717, 1.165) is 16.3 Å². The maximum absolute atomic E-state index is 14.4. The molecular weight excluding hydrogens is 414 g/mol. The highest BCUT2D eigenvalue weighted by Gasteiger charge is 2.38. The van der Waals surface area contributed by atoms with Crippen molar-refractivity contribution < 1.29 is 27.9 Å². The van der Waals surface area contributed by atoms with Gasteiger partial charge in [-0.15, -0.1) is 11.8 Å². The molecule has 2 rings (SSSR count). The largest absolute Gasteiger partial charge is 0.462 e. The molecule has 10 nitrogen and oxygen atoms in total. The lowest BCUT2D eigenvalue weighted by Gasteiger charge is -2.20. The number of carbonyl (C=O) groups is 1. The Morgan fingerprint density at radius 1 is 1.57 bits per heavy atom. The molecule has 28 heavy (non-hydrogen) atoms. The molecule has 2 heterocycles. The summed E-state index contributed by atoms with van der Waals surface area (Å²) in [5.41, 5.74) is 4.75. The number of nitrogen functional groups attached to an aromatic ring is 1. The molecule has 0 saturated carbocycles. The van der Waals surface area contributed by atoms with E-state index >= 15 is 0 Å². The molecule has 5 atom stereocenters. The van der Waals surface area contributed by atoms with Gasteiger partial charge in [0.05, 0.1) is 12.7 Å². The van der Waals surface area contributed by atoms with E-state index in [0.29, 0.717) is 0 Å². The van der Waals surface area contributed by atoms with E-state index in [2.05, 4.69) is 10.1 Å². The Bertz CT molecular complexity index is 809. The summed E-state index contributed by atoms with van der Waals surface area (Å²) in [5, 5.41) is 0.886. The van der Waals surface area contributed by atoms with Gasteiger partial charge in [-0.2, -0.15) is 4.98 Å². The van der Waals surface area contributed by atoms with Crippen LogP contribution in [0, 0.1) is 0 Å². The fourth-order valence-electron chi connectivity index (χ4n) is 2.53. The number of hydrogen-bond acceptors (Lipinski definition) is 8. The molecule has 158 valence electrons. The highest BCUT2D eigenvalue weighted by atomic mass is 32.2. The van der Waals surface area contributed by atoms with Gasteiger partial charge >= 0.3 is 19.4 Å². The second kappa shape index (κ2) is 9.36. The summed E-state index contributed by atoms with van der Waals surface area (Å²) in [6.07, 6.45) is -0.349. The zero-order valence-corrected chi connectivity index (χ0v) is 17.4. The van der Waals surface area contributed by atoms with Crippen molar-refractivity contribution in [2.24, 2.45) is 0 Å². The summed E-state index contributed by atoms with van der Waals surface area (Å²) in [6.45, 7) is 4.44. The summed E-state index contributed by atoms with van der Waals surface area (Å²) in [4.78, 5) is 37.0. The fourth-order valence-corrected chi connectivity index (χ4v) is 5.09. The van der Waals surface area contributed by atoms with Crippen molar-refractivity contribution in [1.29, 1.82) is 0 Å². The van der Waals surface area contributed by atoms with Crippen LogP contribution in [-0.2, 0) is 18.6 Å². The zero-order chi connectivity index (χ0) is 21.1. The minimum absolute atomic E-state index is 0.0249. The Balaban J connectivity index is 1.91. The van der Waals surface area contributed by atoms with Gasteiger partial charge in [0, 0.05) is 11.4 Å². The van der Waals surface area contributed by atoms with E-state index < -0.39 is 42.2 Å². The number of nitrogens with zero attached hydrogens (tertiary/aromatic N) is 2. The molecule has 0 aliphatic carbocycles. The van der Waals surface area contributed by atoms with Crippen LogP contribution in [0.3, 0.4) is 0 Å². The Hall–Kier alpha value is -1.46. The molecule has 1 aliphatic rings. The number of hydrogen-bond donors (Lipinski definition) is 3. The van der Waals surface area contributed by atoms with Crippen LogP contribution in [0.2, 0.25) is 0 Å². The van der Waals surface area contributed by atoms with E-state index in [1.807, 2.05) is 0 Å². The van der Waals surface area contributed by atoms with E-state index in [1.54, 1.807) is 13.8 Å². The average Bonchev–Trinajstić information content (AvgIpc) is 2.93. The van der Waals surface area contributed by atoms with Crippen molar-refractivity contribution in [3.8, 4) is 0 Å². The van der Waals surface area contributed by atoms with Crippen LogP contribution < -0.4 is 16.5 Å². The first-order valence-electron chi connectivity index (χ1n) is 8.58. The van der Waals surface area contributed by atoms with Gasteiger partial charge in [0.1, 0.15) is 23.4 Å². The maximum atomic E-state index is 14.4. The Morgan fingerprint density at radius 2 is 2.25 bits per heavy atom. The van der Waals surface area contributed by atoms with Gasteiger partial charge in [0.2, 0.25) is 0 Å². The number of alkyl halides is 1. The van der Waals surface area contributed by atoms with Gasteiger partial charge < -0.3 is 15.4 Å². The number of esters is 1. The lowest BCUT2D eigenvalue weighted by molar-refractivity contribution is -0.149. The molecule has 0 spiro atoms. The third kappa shape index (κ3) is 6.28. The van der Waals surface area contributed by atoms with Crippen LogP contribution in [0.5, 0.6) is 0 Å². The first kappa shape index (κ1) is 22.8. The van der Waals surface area contributed by atoms with E-state index in [-0.39, 0.29) is 24.9 Å². The van der Waals surface area contributed by atoms with Gasteiger partial charge in [-0.3, -0.25) is 13.9 Å². The first-order chi connectivity index (χ1) is 13.0. The van der Waals surface area contributed by atoms with Gasteiger partial charge in [-0.05, 0) is 33.3 Å². The SMILES string of the molecule is CC(C)OC(=O)[C@H](C)NP(=O)(O)OC[C@@H]1C[C@H](F)[C@H](n2ccc(N)nc2=O)S1. The number of aromatic nitrogens is 2. The Labute approximate surface area is 165 Å². The van der Waals surface area contributed by atoms with Crippen LogP contribution in [0.1, 0.15) is 32.6 Å². The van der Waals surface area contributed by atoms with Crippen molar-refractivity contribution in [2.75, 3.05) is 12.3 Å². The third-order valence-electron chi connectivity index (χ3n) is 3.75. The smallest absolute Gasteiger partial charge is 0.403 e. The first-order valence-corrected chi connectivity index (χ1v) is 11.1. The highest BCUT2D eigenvalue weighted by molar-refractivity contribution is 8.00. The molecule has 0 amide bonds. The average molecular weight is 438 g/mol. The molecule has 1 fully saturated rings. The quantitative estimate of drug-likeness (QED) is 0.400. The molecule has 1 unspecified atom stereocenters. The minimum Gasteiger partial charge on any atom is -0.462 e. The summed E-state index contributed by atoms with van der Waals surface area (Å²) >= 11 is 1.10. The normalized spacial score (nSPS) is 25.4. The third-order valence-corrected chi connectivity index (χ3v) is 6.48. The Kier molecular flexibility index (Phi) is 7.63. The van der Waals surface area contributed by atoms with E-state index in [9.17, 15) is 23.4 Å². The second-order valence-corrected chi connectivity index (χ2v) is 9.57. The molecular formula is C15H24FN4O6PS. The number of nitrogens with one attached hydrogen (secondary N) is 1. The summed E-state index contributed by atoms with van der Waals surface area (Å²) in [7, 11) is -4.31. The predicted molar refractivity (Wildman–Crippen MR) is 102 cm³/mol. The van der Waals surface area contributed by atoms with Crippen molar-refractivity contribution in [2.45, 2.75) is 56.1 Å². The monoisotopic (exact) mass is 438 g/mol. The van der Waals surface area contributed by atoms with Crippen molar-refractivity contribution in [3.05, 3.63) is 22.7 Å². The highest BCUT2D eigenvalue weighted by Crippen LogP contribution is 2.45. The Morgan fingerprint density at radius 3 is 2.86 bits per heavy atom. The van der Waals surface area contributed by atoms with Crippen LogP contribution in [0.4, 0.5) is 10.2 Å². The molecule has 1 aromatic rings. The minimum atomic E-state index is -4.31. The van der Waals surface area contributed by atoms with Gasteiger partial charge in [-0.1, -0.05) is 0 Å². The molecule has 13 heteroatoms. The molecule has 4 N–H and O–H groups in total. The molecule has 1 aliphatic heterocycles.